The maximum Gasteiger partial charge on any atom is 0.193 e. The summed E-state index contributed by atoms with van der Waals surface area (Å²) in [6, 6.07) is 17.2. The molecule has 0 amide bonds. The van der Waals surface area contributed by atoms with Crippen LogP contribution in [-0.2, 0) is 4.79 Å². The van der Waals surface area contributed by atoms with Crippen molar-refractivity contribution >= 4 is 12.0 Å². The summed E-state index contributed by atoms with van der Waals surface area (Å²) >= 11 is 0. The van der Waals surface area contributed by atoms with E-state index in [0.29, 0.717) is 6.29 Å². The summed E-state index contributed by atoms with van der Waals surface area (Å²) in [6.07, 6.45) is 0.590. The third-order valence-electron chi connectivity index (χ3n) is 2.43. The van der Waals surface area contributed by atoms with Crippen molar-refractivity contribution in [3.05, 3.63) is 60.2 Å². The van der Waals surface area contributed by atoms with Crippen molar-refractivity contribution in [2.75, 3.05) is 19.5 Å². The van der Waals surface area contributed by atoms with E-state index in [4.69, 9.17) is 4.74 Å². The molecule has 0 bridgehead atoms. The van der Waals surface area contributed by atoms with Gasteiger partial charge in [0.1, 0.15) is 5.75 Å². The summed E-state index contributed by atoms with van der Waals surface area (Å²) in [7, 11) is 3.54. The number of aldehydes is 1. The van der Waals surface area contributed by atoms with Crippen molar-refractivity contribution < 1.29 is 9.53 Å². The molecule has 0 aromatic heterocycles. The van der Waals surface area contributed by atoms with Crippen molar-refractivity contribution in [2.24, 2.45) is 0 Å². The lowest BCUT2D eigenvalue weighted by molar-refractivity contribution is -0.103. The van der Waals surface area contributed by atoms with Crippen LogP contribution in [0.1, 0.15) is 19.4 Å². The largest absolute Gasteiger partial charge is 0.495 e. The normalized spacial score (nSPS) is 7.82. The van der Waals surface area contributed by atoms with Crippen molar-refractivity contribution in [1.29, 1.82) is 0 Å². The van der Waals surface area contributed by atoms with E-state index in [0.717, 1.165) is 17.0 Å². The van der Waals surface area contributed by atoms with Gasteiger partial charge in [-0.25, -0.2) is 0 Å². The van der Waals surface area contributed by atoms with Gasteiger partial charge in [0, 0.05) is 12.6 Å². The van der Waals surface area contributed by atoms with E-state index >= 15 is 0 Å². The Labute approximate surface area is 133 Å². The Kier molecular flexibility index (Phi) is 11.6. The number of ether oxygens (including phenoxy) is 1. The van der Waals surface area contributed by atoms with E-state index in [1.165, 1.54) is 0 Å². The molecular weight excluding hydrogens is 274 g/mol. The number of carbonyl (C=O) groups is 1. The molecule has 0 saturated heterocycles. The fourth-order valence-electron chi connectivity index (χ4n) is 1.49. The maximum atomic E-state index is 9.80. The maximum absolute atomic E-state index is 9.80. The third-order valence-corrected chi connectivity index (χ3v) is 2.43. The highest BCUT2D eigenvalue weighted by Gasteiger charge is 1.95. The molecular formula is C19H23NO2. The number of rotatable bonds is 2. The van der Waals surface area contributed by atoms with E-state index in [2.05, 4.69) is 17.2 Å². The second-order valence-electron chi connectivity index (χ2n) is 3.70. The van der Waals surface area contributed by atoms with Crippen LogP contribution in [0.25, 0.3) is 0 Å². The van der Waals surface area contributed by atoms with Crippen molar-refractivity contribution in [1.82, 2.24) is 0 Å². The predicted molar refractivity (Wildman–Crippen MR) is 93.3 cm³/mol. The number of anilines is 1. The Hall–Kier alpha value is -2.73. The first kappa shape index (κ1) is 19.3. The minimum atomic E-state index is 0.590. The van der Waals surface area contributed by atoms with Gasteiger partial charge in [-0.15, -0.1) is 0 Å². The second kappa shape index (κ2) is 13.3. The monoisotopic (exact) mass is 297 g/mol. The lowest BCUT2D eigenvalue weighted by Gasteiger charge is -2.05. The van der Waals surface area contributed by atoms with Gasteiger partial charge in [0.2, 0.25) is 0 Å². The molecule has 22 heavy (non-hydrogen) atoms. The smallest absolute Gasteiger partial charge is 0.193 e. The van der Waals surface area contributed by atoms with Crippen LogP contribution < -0.4 is 10.1 Å². The van der Waals surface area contributed by atoms with E-state index in [1.54, 1.807) is 7.11 Å². The Morgan fingerprint density at radius 3 is 2.09 bits per heavy atom. The first-order valence-electron chi connectivity index (χ1n) is 7.12. The molecule has 0 aliphatic heterocycles. The van der Waals surface area contributed by atoms with Crippen LogP contribution in [0.15, 0.2) is 54.6 Å². The van der Waals surface area contributed by atoms with Gasteiger partial charge in [-0.2, -0.15) is 0 Å². The number of nitrogens with one attached hydrogen (secondary N) is 1. The zero-order chi connectivity index (χ0) is 16.6. The highest BCUT2D eigenvalue weighted by atomic mass is 16.5. The summed E-state index contributed by atoms with van der Waals surface area (Å²) in [4.78, 5) is 9.80. The van der Waals surface area contributed by atoms with Crippen LogP contribution in [-0.4, -0.2) is 20.4 Å². The molecule has 2 aromatic carbocycles. The molecule has 0 radical (unpaired) electrons. The first-order valence-corrected chi connectivity index (χ1v) is 7.12. The average molecular weight is 297 g/mol. The molecule has 0 aliphatic carbocycles. The highest BCUT2D eigenvalue weighted by Crippen LogP contribution is 2.21. The van der Waals surface area contributed by atoms with Gasteiger partial charge >= 0.3 is 0 Å². The number of para-hydroxylation sites is 2. The summed E-state index contributed by atoms with van der Waals surface area (Å²) in [5.74, 6) is 5.89. The van der Waals surface area contributed by atoms with Crippen molar-refractivity contribution in [3.8, 4) is 17.6 Å². The van der Waals surface area contributed by atoms with Crippen LogP contribution in [0.5, 0.6) is 5.75 Å². The molecule has 0 aliphatic rings. The molecule has 0 saturated carbocycles. The van der Waals surface area contributed by atoms with Crippen LogP contribution in [0.3, 0.4) is 0 Å². The number of carbonyl (C=O) groups excluding carboxylic acids is 1. The van der Waals surface area contributed by atoms with Gasteiger partial charge in [-0.1, -0.05) is 50.1 Å². The molecule has 3 nitrogen and oxygen atoms in total. The van der Waals surface area contributed by atoms with Crippen molar-refractivity contribution in [3.63, 3.8) is 0 Å². The van der Waals surface area contributed by atoms with Gasteiger partial charge in [0.05, 0.1) is 12.8 Å². The molecule has 0 fully saturated rings. The van der Waals surface area contributed by atoms with Gasteiger partial charge in [0.15, 0.2) is 6.29 Å². The van der Waals surface area contributed by atoms with Gasteiger partial charge in [-0.3, -0.25) is 4.79 Å². The van der Waals surface area contributed by atoms with Gasteiger partial charge in [0.25, 0.3) is 0 Å². The van der Waals surface area contributed by atoms with Crippen molar-refractivity contribution in [2.45, 2.75) is 13.8 Å². The van der Waals surface area contributed by atoms with Crippen LogP contribution in [0, 0.1) is 11.8 Å². The first-order chi connectivity index (χ1) is 10.8. The molecule has 2 aromatic rings. The topological polar surface area (TPSA) is 38.3 Å². The average Bonchev–Trinajstić information content (AvgIpc) is 2.63. The summed E-state index contributed by atoms with van der Waals surface area (Å²) in [5, 5.41) is 3.02. The SMILES string of the molecule is CC.CNc1ccccc1OC.O=CC#Cc1ccccc1. The van der Waals surface area contributed by atoms with Crippen LogP contribution in [0.4, 0.5) is 5.69 Å². The molecule has 0 spiro atoms. The molecule has 1 N–H and O–H groups in total. The Bertz CT molecular complexity index is 560. The van der Waals surface area contributed by atoms with E-state index in [-0.39, 0.29) is 0 Å². The Morgan fingerprint density at radius 2 is 1.59 bits per heavy atom. The summed E-state index contributed by atoms with van der Waals surface area (Å²) in [6.45, 7) is 4.00. The van der Waals surface area contributed by atoms with Crippen LogP contribution in [0.2, 0.25) is 0 Å². The zero-order valence-corrected chi connectivity index (χ0v) is 13.6. The highest BCUT2D eigenvalue weighted by molar-refractivity contribution is 5.73. The Balaban J connectivity index is 0.000000360. The van der Waals surface area contributed by atoms with Gasteiger partial charge < -0.3 is 10.1 Å². The quantitative estimate of drug-likeness (QED) is 0.672. The molecule has 116 valence electrons. The van der Waals surface area contributed by atoms with E-state index in [1.807, 2.05) is 75.5 Å². The molecule has 2 rings (SSSR count). The number of methoxy groups -OCH3 is 1. The molecule has 0 atom stereocenters. The fraction of sp³-hybridized carbons (Fsp3) is 0.211. The van der Waals surface area contributed by atoms with Crippen LogP contribution >= 0.6 is 0 Å². The van der Waals surface area contributed by atoms with E-state index in [9.17, 15) is 4.79 Å². The second-order valence-corrected chi connectivity index (χ2v) is 3.70. The molecule has 3 heteroatoms. The number of benzene rings is 2. The molecule has 0 unspecified atom stereocenters. The van der Waals surface area contributed by atoms with Gasteiger partial charge in [-0.05, 0) is 30.2 Å². The molecule has 0 heterocycles. The fourth-order valence-corrected chi connectivity index (χ4v) is 1.49. The lowest BCUT2D eigenvalue weighted by atomic mass is 10.2. The predicted octanol–water partition coefficient (Wildman–Crippen LogP) is 4.00. The Morgan fingerprint density at radius 1 is 1.00 bits per heavy atom. The minimum Gasteiger partial charge on any atom is -0.495 e. The third kappa shape index (κ3) is 7.76. The zero-order valence-electron chi connectivity index (χ0n) is 13.6. The lowest BCUT2D eigenvalue weighted by Crippen LogP contribution is -1.91. The number of hydrogen-bond donors (Lipinski definition) is 1. The number of hydrogen-bond acceptors (Lipinski definition) is 3. The van der Waals surface area contributed by atoms with E-state index < -0.39 is 0 Å². The minimum absolute atomic E-state index is 0.590. The summed E-state index contributed by atoms with van der Waals surface area (Å²) in [5.41, 5.74) is 1.89. The standard InChI is InChI=1S/C9H6O.C8H11NO.C2H6/c10-8-4-7-9-5-2-1-3-6-9;1-9-7-5-3-4-6-8(7)10-2;1-2/h1-3,5-6,8H;3-6,9H,1-2H3;1-2H3. The summed E-state index contributed by atoms with van der Waals surface area (Å²) < 4.78 is 5.07.